The molecule has 0 atom stereocenters. The van der Waals surface area contributed by atoms with Gasteiger partial charge in [-0.3, -0.25) is 9.13 Å². The predicted molar refractivity (Wildman–Crippen MR) is 92.4 cm³/mol. The lowest BCUT2D eigenvalue weighted by Crippen LogP contribution is -2.27. The largest absolute Gasteiger partial charge is 0.330 e. The molecular weight excluding hydrogens is 302 g/mol. The van der Waals surface area contributed by atoms with Crippen molar-refractivity contribution in [2.24, 2.45) is 12.5 Å². The maximum atomic E-state index is 12.6. The van der Waals surface area contributed by atoms with E-state index in [4.69, 9.17) is 0 Å². The topological polar surface area (TPSA) is 76.5 Å². The fourth-order valence-electron chi connectivity index (χ4n) is 2.75. The first-order chi connectivity index (χ1) is 11.3. The van der Waals surface area contributed by atoms with E-state index in [1.54, 1.807) is 28.4 Å². The van der Waals surface area contributed by atoms with E-state index in [9.17, 15) is 10.1 Å². The molecule has 3 heterocycles. The van der Waals surface area contributed by atoms with Crippen LogP contribution in [0.1, 0.15) is 26.5 Å². The minimum absolute atomic E-state index is 0.0197. The molecule has 0 N–H and O–H groups in total. The van der Waals surface area contributed by atoms with Gasteiger partial charge in [0.15, 0.2) is 5.65 Å². The normalized spacial score (nSPS) is 11.6. The molecule has 3 rings (SSSR count). The van der Waals surface area contributed by atoms with Crippen molar-refractivity contribution in [2.75, 3.05) is 0 Å². The van der Waals surface area contributed by atoms with Crippen molar-refractivity contribution in [1.82, 2.24) is 19.1 Å². The highest BCUT2D eigenvalue weighted by Crippen LogP contribution is 2.24. The molecule has 0 fully saturated rings. The molecule has 6 nitrogen and oxygen atoms in total. The standard InChI is InChI=1S/C18H19N5O/c1-18(2,3)11-23-15-8-7-13(21-16(15)22(4)17(23)24)12-6-5-9-20-14(12)10-19/h5-9H,11H2,1-4H3. The Bertz CT molecular complexity index is 1010. The SMILES string of the molecule is Cn1c(=O)n(CC(C)(C)C)c2ccc(-c3cccnc3C#N)nc21. The van der Waals surface area contributed by atoms with Crippen LogP contribution in [0, 0.1) is 16.7 Å². The highest BCUT2D eigenvalue weighted by Gasteiger charge is 2.19. The van der Waals surface area contributed by atoms with E-state index >= 15 is 0 Å². The van der Waals surface area contributed by atoms with E-state index in [1.807, 2.05) is 18.2 Å². The highest BCUT2D eigenvalue weighted by atomic mass is 16.1. The molecule has 0 amide bonds. The molecule has 0 aliphatic rings. The Hall–Kier alpha value is -2.94. The molecular formula is C18H19N5O. The van der Waals surface area contributed by atoms with Crippen LogP contribution in [0.5, 0.6) is 0 Å². The number of nitrogens with zero attached hydrogens (tertiary/aromatic N) is 5. The van der Waals surface area contributed by atoms with Crippen LogP contribution in [0.15, 0.2) is 35.3 Å². The maximum absolute atomic E-state index is 12.6. The van der Waals surface area contributed by atoms with Crippen LogP contribution in [0.4, 0.5) is 0 Å². The monoisotopic (exact) mass is 321 g/mol. The van der Waals surface area contributed by atoms with Crippen molar-refractivity contribution in [3.05, 3.63) is 46.6 Å². The van der Waals surface area contributed by atoms with Crippen molar-refractivity contribution in [3.63, 3.8) is 0 Å². The second-order valence-corrected chi connectivity index (χ2v) is 7.04. The molecule has 0 aliphatic heterocycles. The average Bonchev–Trinajstić information content (AvgIpc) is 2.78. The number of fused-ring (bicyclic) bond motifs is 1. The summed E-state index contributed by atoms with van der Waals surface area (Å²) >= 11 is 0. The van der Waals surface area contributed by atoms with Crippen molar-refractivity contribution >= 4 is 11.2 Å². The van der Waals surface area contributed by atoms with Crippen LogP contribution in [0.25, 0.3) is 22.4 Å². The molecule has 0 unspecified atom stereocenters. The first-order valence-electron chi connectivity index (χ1n) is 7.73. The number of aryl methyl sites for hydroxylation is 1. The zero-order valence-electron chi connectivity index (χ0n) is 14.2. The van der Waals surface area contributed by atoms with E-state index in [2.05, 4.69) is 36.8 Å². The van der Waals surface area contributed by atoms with Gasteiger partial charge in [0, 0.05) is 25.4 Å². The van der Waals surface area contributed by atoms with Crippen molar-refractivity contribution < 1.29 is 0 Å². The van der Waals surface area contributed by atoms with E-state index in [1.165, 1.54) is 0 Å². The zero-order chi connectivity index (χ0) is 17.5. The molecule has 0 spiro atoms. The Balaban J connectivity index is 2.22. The molecule has 0 bridgehead atoms. The van der Waals surface area contributed by atoms with E-state index in [-0.39, 0.29) is 11.1 Å². The maximum Gasteiger partial charge on any atom is 0.330 e. The minimum atomic E-state index is -0.0868. The summed E-state index contributed by atoms with van der Waals surface area (Å²) in [5.41, 5.74) is 2.92. The summed E-state index contributed by atoms with van der Waals surface area (Å²) in [5, 5.41) is 9.22. The number of aromatic nitrogens is 4. The van der Waals surface area contributed by atoms with Crippen LogP contribution >= 0.6 is 0 Å². The molecule has 6 heteroatoms. The van der Waals surface area contributed by atoms with Gasteiger partial charge < -0.3 is 0 Å². The van der Waals surface area contributed by atoms with Gasteiger partial charge in [0.1, 0.15) is 11.8 Å². The molecule has 0 radical (unpaired) electrons. The van der Waals surface area contributed by atoms with Crippen LogP contribution in [-0.4, -0.2) is 19.1 Å². The van der Waals surface area contributed by atoms with Gasteiger partial charge in [-0.15, -0.1) is 0 Å². The first-order valence-corrected chi connectivity index (χ1v) is 7.73. The summed E-state index contributed by atoms with van der Waals surface area (Å²) in [7, 11) is 1.72. The summed E-state index contributed by atoms with van der Waals surface area (Å²) in [4.78, 5) is 21.2. The van der Waals surface area contributed by atoms with Gasteiger partial charge in [0.2, 0.25) is 0 Å². The molecule has 0 aromatic carbocycles. The summed E-state index contributed by atoms with van der Waals surface area (Å²) in [6, 6.07) is 9.38. The Morgan fingerprint density at radius 2 is 2.00 bits per heavy atom. The lowest BCUT2D eigenvalue weighted by Gasteiger charge is -2.18. The van der Waals surface area contributed by atoms with E-state index in [0.29, 0.717) is 29.1 Å². The van der Waals surface area contributed by atoms with Gasteiger partial charge in [0.25, 0.3) is 0 Å². The summed E-state index contributed by atoms with van der Waals surface area (Å²) in [6.45, 7) is 6.89. The quantitative estimate of drug-likeness (QED) is 0.727. The number of rotatable bonds is 2. The van der Waals surface area contributed by atoms with Gasteiger partial charge in [0.05, 0.1) is 11.2 Å². The Labute approximate surface area is 140 Å². The van der Waals surface area contributed by atoms with Crippen molar-refractivity contribution in [1.29, 1.82) is 5.26 Å². The van der Waals surface area contributed by atoms with Gasteiger partial charge >= 0.3 is 5.69 Å². The molecule has 122 valence electrons. The smallest absolute Gasteiger partial charge is 0.290 e. The lowest BCUT2D eigenvalue weighted by atomic mass is 9.97. The van der Waals surface area contributed by atoms with E-state index in [0.717, 1.165) is 5.52 Å². The van der Waals surface area contributed by atoms with Gasteiger partial charge in [-0.1, -0.05) is 20.8 Å². The third-order valence-corrected chi connectivity index (χ3v) is 3.80. The fourth-order valence-corrected chi connectivity index (χ4v) is 2.75. The third kappa shape index (κ3) is 2.69. The zero-order valence-corrected chi connectivity index (χ0v) is 14.2. The van der Waals surface area contributed by atoms with Crippen LogP contribution in [0.2, 0.25) is 0 Å². The lowest BCUT2D eigenvalue weighted by molar-refractivity contribution is 0.342. The average molecular weight is 321 g/mol. The Kier molecular flexibility index (Phi) is 3.72. The van der Waals surface area contributed by atoms with Gasteiger partial charge in [-0.2, -0.15) is 5.26 Å². The van der Waals surface area contributed by atoms with Gasteiger partial charge in [-0.25, -0.2) is 14.8 Å². The first kappa shape index (κ1) is 15.9. The van der Waals surface area contributed by atoms with Crippen LogP contribution < -0.4 is 5.69 Å². The Morgan fingerprint density at radius 1 is 1.25 bits per heavy atom. The molecule has 0 saturated carbocycles. The molecule has 24 heavy (non-hydrogen) atoms. The number of nitriles is 1. The van der Waals surface area contributed by atoms with Crippen LogP contribution in [-0.2, 0) is 13.6 Å². The highest BCUT2D eigenvalue weighted by molar-refractivity contribution is 5.77. The van der Waals surface area contributed by atoms with Crippen molar-refractivity contribution in [3.8, 4) is 17.3 Å². The molecule has 3 aromatic heterocycles. The number of pyridine rings is 2. The summed E-state index contributed by atoms with van der Waals surface area (Å²) < 4.78 is 3.30. The number of imidazole rings is 1. The van der Waals surface area contributed by atoms with Crippen molar-refractivity contribution in [2.45, 2.75) is 27.3 Å². The summed E-state index contributed by atoms with van der Waals surface area (Å²) in [5.74, 6) is 0. The van der Waals surface area contributed by atoms with E-state index < -0.39 is 0 Å². The molecule has 0 saturated heterocycles. The number of hydrogen-bond acceptors (Lipinski definition) is 4. The molecule has 3 aromatic rings. The Morgan fingerprint density at radius 3 is 2.67 bits per heavy atom. The number of hydrogen-bond donors (Lipinski definition) is 0. The second-order valence-electron chi connectivity index (χ2n) is 7.04. The minimum Gasteiger partial charge on any atom is -0.290 e. The fraction of sp³-hybridized carbons (Fsp3) is 0.333. The van der Waals surface area contributed by atoms with Crippen LogP contribution in [0.3, 0.4) is 0 Å². The summed E-state index contributed by atoms with van der Waals surface area (Å²) in [6.07, 6.45) is 1.58. The predicted octanol–water partition coefficient (Wildman–Crippen LogP) is 2.71. The second kappa shape index (κ2) is 5.60. The molecule has 0 aliphatic carbocycles. The van der Waals surface area contributed by atoms with Gasteiger partial charge in [-0.05, 0) is 29.7 Å². The third-order valence-electron chi connectivity index (χ3n) is 3.80.